The second-order valence-electron chi connectivity index (χ2n) is 4.83. The van der Waals surface area contributed by atoms with Crippen LogP contribution in [0.1, 0.15) is 18.1 Å². The van der Waals surface area contributed by atoms with E-state index in [1.165, 1.54) is 0 Å². The number of aliphatic carboxylic acids is 2. The average molecular weight is 419 g/mol. The van der Waals surface area contributed by atoms with E-state index in [1.807, 2.05) is 13.0 Å². The molecule has 0 aliphatic rings. The van der Waals surface area contributed by atoms with Gasteiger partial charge in [-0.15, -0.1) is 0 Å². The third kappa shape index (κ3) is 8.66. The summed E-state index contributed by atoms with van der Waals surface area (Å²) in [6, 6.07) is 1.83. The molecule has 1 aromatic rings. The highest BCUT2D eigenvalue weighted by Crippen LogP contribution is 2.32. The van der Waals surface area contributed by atoms with Crippen LogP contribution in [0, 0.1) is 0 Å². The molecule has 8 nitrogen and oxygen atoms in total. The Balaban J connectivity index is 0.000000504. The zero-order valence-corrected chi connectivity index (χ0v) is 15.3. The molecule has 0 radical (unpaired) electrons. The number of pyridine rings is 1. The van der Waals surface area contributed by atoms with Crippen molar-refractivity contribution in [3.05, 3.63) is 29.6 Å². The molecule has 3 atom stereocenters. The lowest BCUT2D eigenvalue weighted by atomic mass is 10.0. The van der Waals surface area contributed by atoms with Crippen molar-refractivity contribution in [1.82, 2.24) is 4.98 Å². The molecular weight excluding hydrogens is 401 g/mol. The highest BCUT2D eigenvalue weighted by molar-refractivity contribution is 6.68. The van der Waals surface area contributed by atoms with Crippen LogP contribution in [0.4, 0.5) is 0 Å². The predicted octanol–water partition coefficient (Wildman–Crippen LogP) is 0.795. The summed E-state index contributed by atoms with van der Waals surface area (Å²) in [5, 5.41) is 42.2. The van der Waals surface area contributed by atoms with Crippen molar-refractivity contribution in [3.63, 3.8) is 0 Å². The molecule has 25 heavy (non-hydrogen) atoms. The molecule has 0 aliphatic heterocycles. The van der Waals surface area contributed by atoms with Gasteiger partial charge in [0.25, 0.3) is 0 Å². The third-order valence-electron chi connectivity index (χ3n) is 2.98. The number of aromatic nitrogens is 1. The number of aliphatic hydroxyl groups excluding tert-OH is 3. The lowest BCUT2D eigenvalue weighted by Gasteiger charge is -2.19. The summed E-state index contributed by atoms with van der Waals surface area (Å²) in [6.45, 7) is 2.02. The molecule has 5 N–H and O–H groups in total. The molecule has 0 aromatic carbocycles. The van der Waals surface area contributed by atoms with E-state index in [2.05, 4.69) is 4.98 Å². The van der Waals surface area contributed by atoms with E-state index >= 15 is 0 Å². The van der Waals surface area contributed by atoms with Crippen molar-refractivity contribution in [1.29, 1.82) is 0 Å². The molecule has 0 aliphatic carbocycles. The Morgan fingerprint density at radius 1 is 1.08 bits per heavy atom. The van der Waals surface area contributed by atoms with Crippen LogP contribution in [0.5, 0.6) is 0 Å². The lowest BCUT2D eigenvalue weighted by Crippen LogP contribution is -2.39. The molecule has 1 rings (SSSR count). The van der Waals surface area contributed by atoms with Gasteiger partial charge in [-0.2, -0.15) is 0 Å². The van der Waals surface area contributed by atoms with Gasteiger partial charge in [-0.1, -0.05) is 41.7 Å². The van der Waals surface area contributed by atoms with Crippen molar-refractivity contribution >= 4 is 46.7 Å². The van der Waals surface area contributed by atoms with Crippen molar-refractivity contribution < 1.29 is 35.1 Å². The van der Waals surface area contributed by atoms with Crippen LogP contribution in [0.25, 0.3) is 0 Å². The van der Waals surface area contributed by atoms with Crippen LogP contribution in [-0.2, 0) is 22.4 Å². The lowest BCUT2D eigenvalue weighted by molar-refractivity contribution is -0.165. The van der Waals surface area contributed by atoms with Gasteiger partial charge in [-0.3, -0.25) is 4.98 Å². The van der Waals surface area contributed by atoms with Crippen molar-refractivity contribution in [2.45, 2.75) is 41.9 Å². The maximum absolute atomic E-state index is 9.77. The van der Waals surface area contributed by atoms with E-state index in [0.717, 1.165) is 17.5 Å². The van der Waals surface area contributed by atoms with Gasteiger partial charge in [0.05, 0.1) is 0 Å². The Hall–Kier alpha value is -1.16. The van der Waals surface area contributed by atoms with Crippen LogP contribution in [-0.4, -0.2) is 64.6 Å². The van der Waals surface area contributed by atoms with Crippen molar-refractivity contribution in [2.24, 2.45) is 0 Å². The number of alkyl halides is 3. The first-order valence-corrected chi connectivity index (χ1v) is 8.03. The van der Waals surface area contributed by atoms with E-state index in [9.17, 15) is 14.7 Å². The summed E-state index contributed by atoms with van der Waals surface area (Å²) >= 11 is 16.8. The summed E-state index contributed by atoms with van der Waals surface area (Å²) in [6.07, 6.45) is -0.942. The second kappa shape index (κ2) is 10.7. The first kappa shape index (κ1) is 23.8. The van der Waals surface area contributed by atoms with E-state index in [0.29, 0.717) is 6.42 Å². The summed E-state index contributed by atoms with van der Waals surface area (Å²) < 4.78 is -1.64. The number of halogens is 3. The Bertz CT molecular complexity index is 562. The number of carboxylic acids is 2. The van der Waals surface area contributed by atoms with Crippen molar-refractivity contribution in [3.8, 4) is 0 Å². The van der Waals surface area contributed by atoms with Gasteiger partial charge in [-0.25, -0.2) is 9.59 Å². The van der Waals surface area contributed by atoms with Crippen LogP contribution >= 0.6 is 34.8 Å². The number of hydrogen-bond acceptors (Lipinski definition) is 6. The quantitative estimate of drug-likeness (QED) is 0.426. The zero-order valence-electron chi connectivity index (χ0n) is 13.0. The van der Waals surface area contributed by atoms with Gasteiger partial charge in [0.15, 0.2) is 12.2 Å². The highest BCUT2D eigenvalue weighted by atomic mass is 35.6. The number of aryl methyl sites for hydroxylation is 1. The zero-order chi connectivity index (χ0) is 19.8. The molecule has 0 unspecified atom stereocenters. The fourth-order valence-electron chi connectivity index (χ4n) is 1.57. The number of hydrogen-bond donors (Lipinski definition) is 5. The summed E-state index contributed by atoms with van der Waals surface area (Å²) in [5.74, 6) is -3.54. The highest BCUT2D eigenvalue weighted by Gasteiger charge is 2.31. The predicted molar refractivity (Wildman–Crippen MR) is 90.9 cm³/mol. The van der Waals surface area contributed by atoms with Crippen LogP contribution in [0.15, 0.2) is 18.5 Å². The minimum Gasteiger partial charge on any atom is -0.479 e. The number of aliphatic hydroxyl groups is 3. The third-order valence-corrected chi connectivity index (χ3v) is 3.74. The molecule has 11 heteroatoms. The molecule has 1 heterocycles. The maximum atomic E-state index is 9.77. The maximum Gasteiger partial charge on any atom is 0.335 e. The molecule has 0 saturated carbocycles. The Morgan fingerprint density at radius 3 is 1.92 bits per heavy atom. The van der Waals surface area contributed by atoms with Crippen LogP contribution < -0.4 is 0 Å². The minimum absolute atomic E-state index is 0.322. The van der Waals surface area contributed by atoms with E-state index in [1.54, 1.807) is 12.4 Å². The smallest absolute Gasteiger partial charge is 0.335 e. The Kier molecular flexibility index (Phi) is 10.2. The second-order valence-corrected chi connectivity index (χ2v) is 7.19. The molecule has 1 aromatic heterocycles. The number of carboxylic acid groups (broad SMARTS) is 2. The van der Waals surface area contributed by atoms with E-state index in [4.69, 9.17) is 55.2 Å². The summed E-state index contributed by atoms with van der Waals surface area (Å²) in [7, 11) is 0. The van der Waals surface area contributed by atoms with Gasteiger partial charge in [0.1, 0.15) is 6.10 Å². The number of nitrogens with zero attached hydrogens (tertiary/aromatic N) is 1. The SMILES string of the molecule is CCc1cnccc1C[C@@H](O)C(Cl)(Cl)Cl.O=C(O)[C@@H](O)[C@H](O)C(=O)O. The molecule has 142 valence electrons. The molecule has 0 bridgehead atoms. The molecule has 0 saturated heterocycles. The van der Waals surface area contributed by atoms with Gasteiger partial charge >= 0.3 is 11.9 Å². The largest absolute Gasteiger partial charge is 0.479 e. The number of carbonyl (C=O) groups is 2. The molecular formula is C14H18Cl3NO7. The van der Waals surface area contributed by atoms with Gasteiger partial charge in [0.2, 0.25) is 3.79 Å². The van der Waals surface area contributed by atoms with Gasteiger partial charge in [-0.05, 0) is 23.6 Å². The topological polar surface area (TPSA) is 148 Å². The minimum atomic E-state index is -2.27. The molecule has 0 fully saturated rings. The molecule has 0 amide bonds. The normalized spacial score (nSPS) is 14.7. The first-order chi connectivity index (χ1) is 11.4. The van der Waals surface area contributed by atoms with E-state index < -0.39 is 34.0 Å². The van der Waals surface area contributed by atoms with Crippen molar-refractivity contribution in [2.75, 3.05) is 0 Å². The summed E-state index contributed by atoms with van der Waals surface area (Å²) in [4.78, 5) is 23.5. The first-order valence-electron chi connectivity index (χ1n) is 6.90. The van der Waals surface area contributed by atoms with Gasteiger partial charge < -0.3 is 25.5 Å². The van der Waals surface area contributed by atoms with E-state index in [-0.39, 0.29) is 0 Å². The van der Waals surface area contributed by atoms with Crippen LogP contribution in [0.2, 0.25) is 0 Å². The monoisotopic (exact) mass is 417 g/mol. The standard InChI is InChI=1S/C10H12Cl3NO.C4H6O6/c1-2-7-6-14-4-3-8(7)5-9(15)10(11,12)13;5-1(3(7)8)2(6)4(9)10/h3-4,6,9,15H,2,5H2,1H3;1-2,5-6H,(H,7,8)(H,9,10)/t9-;1-,2-/m10/s1. The fourth-order valence-corrected chi connectivity index (χ4v) is 1.80. The summed E-state index contributed by atoms with van der Waals surface area (Å²) in [5.41, 5.74) is 2.03. The Labute approximate surface area is 158 Å². The number of rotatable bonds is 6. The average Bonchev–Trinajstić information content (AvgIpc) is 2.53. The van der Waals surface area contributed by atoms with Crippen LogP contribution in [0.3, 0.4) is 0 Å². The Morgan fingerprint density at radius 2 is 1.56 bits per heavy atom. The fraction of sp³-hybridized carbons (Fsp3) is 0.500. The van der Waals surface area contributed by atoms with Gasteiger partial charge in [0, 0.05) is 18.8 Å². The molecule has 0 spiro atoms.